The molecular formula is C33H35NO3. The van der Waals surface area contributed by atoms with Gasteiger partial charge in [-0.1, -0.05) is 48.5 Å². The van der Waals surface area contributed by atoms with Gasteiger partial charge in [-0.05, 0) is 108 Å². The van der Waals surface area contributed by atoms with Crippen LogP contribution in [-0.2, 0) is 15.6 Å². The Morgan fingerprint density at radius 2 is 1.43 bits per heavy atom. The number of benzene rings is 3. The first-order chi connectivity index (χ1) is 18.0. The first-order valence-electron chi connectivity index (χ1n) is 13.4. The summed E-state index contributed by atoms with van der Waals surface area (Å²) in [6.45, 7) is 0. The number of nitrogens with one attached hydrogen (secondary N) is 1. The van der Waals surface area contributed by atoms with Gasteiger partial charge in [0.2, 0.25) is 5.91 Å². The number of amides is 1. The van der Waals surface area contributed by atoms with E-state index in [1.807, 2.05) is 18.2 Å². The van der Waals surface area contributed by atoms with Crippen LogP contribution in [-0.4, -0.2) is 20.1 Å². The second-order valence-electron chi connectivity index (χ2n) is 11.4. The molecule has 4 atom stereocenters. The Labute approximate surface area is 219 Å². The van der Waals surface area contributed by atoms with Crippen LogP contribution in [0.1, 0.15) is 55.2 Å². The number of ether oxygens (including phenoxy) is 2. The van der Waals surface area contributed by atoms with Crippen molar-refractivity contribution in [2.24, 2.45) is 11.8 Å². The summed E-state index contributed by atoms with van der Waals surface area (Å²) in [5.74, 6) is 2.79. The van der Waals surface area contributed by atoms with Crippen LogP contribution in [0.5, 0.6) is 11.5 Å². The number of carbonyl (C=O) groups is 1. The Bertz CT molecular complexity index is 1300. The molecule has 4 nitrogen and oxygen atoms in total. The van der Waals surface area contributed by atoms with Crippen LogP contribution in [0.2, 0.25) is 0 Å². The lowest BCUT2D eigenvalue weighted by molar-refractivity contribution is -0.111. The zero-order valence-corrected chi connectivity index (χ0v) is 21.7. The van der Waals surface area contributed by atoms with Gasteiger partial charge in [-0.25, -0.2) is 0 Å². The molecule has 0 spiro atoms. The number of anilines is 1. The molecule has 0 aromatic heterocycles. The minimum atomic E-state index is -0.152. The monoisotopic (exact) mass is 493 g/mol. The highest BCUT2D eigenvalue weighted by Crippen LogP contribution is 2.66. The smallest absolute Gasteiger partial charge is 0.248 e. The number of methoxy groups -OCH3 is 2. The first kappa shape index (κ1) is 23.8. The third kappa shape index (κ3) is 4.43. The molecule has 4 aliphatic rings. The van der Waals surface area contributed by atoms with Gasteiger partial charge in [-0.3, -0.25) is 4.79 Å². The maximum absolute atomic E-state index is 12.6. The van der Waals surface area contributed by atoms with E-state index < -0.39 is 0 Å². The molecular weight excluding hydrogens is 458 g/mol. The summed E-state index contributed by atoms with van der Waals surface area (Å²) in [7, 11) is 3.21. The van der Waals surface area contributed by atoms with Gasteiger partial charge < -0.3 is 14.8 Å². The van der Waals surface area contributed by atoms with Crippen molar-refractivity contribution in [2.75, 3.05) is 19.5 Å². The summed E-state index contributed by atoms with van der Waals surface area (Å²) in [5, 5.41) is 3.02. The molecule has 1 N–H and O–H groups in total. The second-order valence-corrected chi connectivity index (χ2v) is 11.4. The van der Waals surface area contributed by atoms with E-state index >= 15 is 0 Å². The van der Waals surface area contributed by atoms with E-state index in [9.17, 15) is 4.79 Å². The number of rotatable bonds is 7. The third-order valence-corrected chi connectivity index (χ3v) is 9.05. The Morgan fingerprint density at radius 1 is 0.811 bits per heavy atom. The quantitative estimate of drug-likeness (QED) is 0.356. The standard InChI is InChI=1S/C33H35NO3/c1-36-29-14-8-23(17-30(29)37-2)9-15-31(35)34-28-12-10-27(11-13-28)33-20-24-16-25(21-33)19-32(18-24,22-33)26-6-4-3-5-7-26/h3-15,17,24-25H,16,18-22H2,1-2H3,(H,34,35)/b15-9+/t24-,25+,32?,33?. The molecule has 0 heterocycles. The molecule has 0 saturated heterocycles. The molecule has 4 saturated carbocycles. The molecule has 2 unspecified atom stereocenters. The molecule has 1 amide bonds. The van der Waals surface area contributed by atoms with Crippen LogP contribution in [0.25, 0.3) is 6.08 Å². The Morgan fingerprint density at radius 3 is 2.05 bits per heavy atom. The van der Waals surface area contributed by atoms with Gasteiger partial charge >= 0.3 is 0 Å². The zero-order valence-electron chi connectivity index (χ0n) is 21.7. The molecule has 0 aliphatic heterocycles. The van der Waals surface area contributed by atoms with E-state index in [0.29, 0.717) is 16.9 Å². The Hall–Kier alpha value is -3.53. The van der Waals surface area contributed by atoms with Crippen LogP contribution in [0.3, 0.4) is 0 Å². The fourth-order valence-electron chi connectivity index (χ4n) is 7.95. The van der Waals surface area contributed by atoms with Gasteiger partial charge in [-0.15, -0.1) is 0 Å². The molecule has 3 aromatic carbocycles. The second kappa shape index (κ2) is 9.41. The van der Waals surface area contributed by atoms with Gasteiger partial charge in [0.25, 0.3) is 0 Å². The van der Waals surface area contributed by atoms with Crippen LogP contribution < -0.4 is 14.8 Å². The predicted molar refractivity (Wildman–Crippen MR) is 148 cm³/mol. The summed E-state index contributed by atoms with van der Waals surface area (Å²) in [4.78, 5) is 12.6. The van der Waals surface area contributed by atoms with E-state index in [-0.39, 0.29) is 11.3 Å². The maximum Gasteiger partial charge on any atom is 0.248 e. The first-order valence-corrected chi connectivity index (χ1v) is 13.4. The average molecular weight is 494 g/mol. The fourth-order valence-corrected chi connectivity index (χ4v) is 7.95. The molecule has 4 aliphatic carbocycles. The summed E-state index contributed by atoms with van der Waals surface area (Å²) >= 11 is 0. The molecule has 190 valence electrons. The molecule has 0 radical (unpaired) electrons. The van der Waals surface area contributed by atoms with Crippen LogP contribution in [0.15, 0.2) is 78.9 Å². The van der Waals surface area contributed by atoms with Crippen molar-refractivity contribution in [3.8, 4) is 11.5 Å². The van der Waals surface area contributed by atoms with Crippen LogP contribution in [0, 0.1) is 11.8 Å². The summed E-state index contributed by atoms with van der Waals surface area (Å²) in [6, 6.07) is 25.5. The lowest BCUT2D eigenvalue weighted by Gasteiger charge is -2.62. The molecule has 4 fully saturated rings. The minimum Gasteiger partial charge on any atom is -0.493 e. The lowest BCUT2D eigenvalue weighted by Crippen LogP contribution is -2.55. The molecule has 4 heteroatoms. The molecule has 3 aromatic rings. The van der Waals surface area contributed by atoms with Crippen LogP contribution >= 0.6 is 0 Å². The largest absolute Gasteiger partial charge is 0.493 e. The minimum absolute atomic E-state index is 0.152. The van der Waals surface area contributed by atoms with E-state index in [0.717, 1.165) is 23.1 Å². The Kier molecular flexibility index (Phi) is 6.06. The van der Waals surface area contributed by atoms with Crippen molar-refractivity contribution in [3.05, 3.63) is 95.6 Å². The third-order valence-electron chi connectivity index (χ3n) is 9.05. The maximum atomic E-state index is 12.6. The highest BCUT2D eigenvalue weighted by molar-refractivity contribution is 6.02. The van der Waals surface area contributed by atoms with Crippen molar-refractivity contribution >= 4 is 17.7 Å². The molecule has 37 heavy (non-hydrogen) atoms. The fraction of sp³-hybridized carbons (Fsp3) is 0.364. The van der Waals surface area contributed by atoms with Gasteiger partial charge in [0.05, 0.1) is 14.2 Å². The molecule has 4 bridgehead atoms. The molecule has 7 rings (SSSR count). The summed E-state index contributed by atoms with van der Waals surface area (Å²) < 4.78 is 10.6. The van der Waals surface area contributed by atoms with Gasteiger partial charge in [-0.2, -0.15) is 0 Å². The van der Waals surface area contributed by atoms with Crippen molar-refractivity contribution in [3.63, 3.8) is 0 Å². The summed E-state index contributed by atoms with van der Waals surface area (Å²) in [6.07, 6.45) is 11.3. The van der Waals surface area contributed by atoms with Gasteiger partial charge in [0.15, 0.2) is 11.5 Å². The lowest BCUT2D eigenvalue weighted by atomic mass is 9.42. The number of carbonyl (C=O) groups excluding carboxylic acids is 1. The SMILES string of the molecule is COc1ccc(/C=C/C(=O)Nc2ccc(C34C[C@@H]5C[C@@H](CC(c6ccccc6)(C5)C3)C4)cc2)cc1OC. The van der Waals surface area contributed by atoms with Crippen molar-refractivity contribution in [1.82, 2.24) is 0 Å². The average Bonchev–Trinajstić information content (AvgIpc) is 2.92. The highest BCUT2D eigenvalue weighted by Gasteiger charge is 2.58. The highest BCUT2D eigenvalue weighted by atomic mass is 16.5. The van der Waals surface area contributed by atoms with Crippen molar-refractivity contribution < 1.29 is 14.3 Å². The van der Waals surface area contributed by atoms with E-state index in [2.05, 4.69) is 59.9 Å². The Balaban J connectivity index is 1.17. The van der Waals surface area contributed by atoms with Gasteiger partial charge in [0, 0.05) is 11.8 Å². The van der Waals surface area contributed by atoms with E-state index in [1.165, 1.54) is 44.1 Å². The van der Waals surface area contributed by atoms with E-state index in [4.69, 9.17) is 9.47 Å². The zero-order chi connectivity index (χ0) is 25.5. The number of hydrogen-bond acceptors (Lipinski definition) is 3. The predicted octanol–water partition coefficient (Wildman–Crippen LogP) is 7.15. The van der Waals surface area contributed by atoms with Crippen molar-refractivity contribution in [2.45, 2.75) is 49.4 Å². The van der Waals surface area contributed by atoms with Crippen LogP contribution in [0.4, 0.5) is 5.69 Å². The van der Waals surface area contributed by atoms with Gasteiger partial charge in [0.1, 0.15) is 0 Å². The van der Waals surface area contributed by atoms with Crippen molar-refractivity contribution in [1.29, 1.82) is 0 Å². The summed E-state index contributed by atoms with van der Waals surface area (Å²) in [5.41, 5.74) is 5.27. The normalized spacial score (nSPS) is 27.8. The number of hydrogen-bond donors (Lipinski definition) is 1. The van der Waals surface area contributed by atoms with E-state index in [1.54, 1.807) is 31.9 Å². The topological polar surface area (TPSA) is 47.6 Å².